The second kappa shape index (κ2) is 8.12. The second-order valence-corrected chi connectivity index (χ2v) is 8.16. The van der Waals surface area contributed by atoms with Crippen molar-refractivity contribution in [2.75, 3.05) is 11.9 Å². The number of amides is 2. The van der Waals surface area contributed by atoms with Gasteiger partial charge in [0, 0.05) is 37.0 Å². The second-order valence-electron chi connectivity index (χ2n) is 7.76. The molecule has 0 saturated carbocycles. The van der Waals surface area contributed by atoms with Gasteiger partial charge in [0.1, 0.15) is 0 Å². The molecule has 0 bridgehead atoms. The summed E-state index contributed by atoms with van der Waals surface area (Å²) in [5.41, 5.74) is 5.11. The summed E-state index contributed by atoms with van der Waals surface area (Å²) >= 11 is 6.26. The third kappa shape index (κ3) is 3.73. The standard InChI is InChI=1S/C23H21ClN6O2/c1-14-7-9-15(10-8-14)25-23(31)30-12-11-19-17(13-30)20(28-29(19)2)22-27-26-21(32-22)16-5-3-4-6-18(16)24/h3-10H,11-13H2,1-2H3,(H,25,31). The highest BCUT2D eigenvalue weighted by molar-refractivity contribution is 6.33. The molecule has 0 unspecified atom stereocenters. The molecule has 1 aliphatic heterocycles. The molecule has 32 heavy (non-hydrogen) atoms. The number of benzene rings is 2. The first kappa shape index (κ1) is 20.3. The van der Waals surface area contributed by atoms with Crippen LogP contribution < -0.4 is 5.32 Å². The lowest BCUT2D eigenvalue weighted by atomic mass is 10.1. The van der Waals surface area contributed by atoms with Crippen molar-refractivity contribution in [2.45, 2.75) is 19.9 Å². The van der Waals surface area contributed by atoms with Gasteiger partial charge in [-0.3, -0.25) is 4.68 Å². The fourth-order valence-electron chi connectivity index (χ4n) is 3.84. The van der Waals surface area contributed by atoms with Gasteiger partial charge in [-0.25, -0.2) is 4.79 Å². The van der Waals surface area contributed by atoms with Gasteiger partial charge in [-0.05, 0) is 31.2 Å². The van der Waals surface area contributed by atoms with Crippen LogP contribution in [0.4, 0.5) is 10.5 Å². The predicted molar refractivity (Wildman–Crippen MR) is 121 cm³/mol. The van der Waals surface area contributed by atoms with Crippen molar-refractivity contribution in [1.82, 2.24) is 24.9 Å². The van der Waals surface area contributed by atoms with Gasteiger partial charge in [-0.1, -0.05) is 41.4 Å². The Hall–Kier alpha value is -3.65. The molecule has 3 heterocycles. The molecule has 2 amide bonds. The minimum Gasteiger partial charge on any atom is -0.414 e. The lowest BCUT2D eigenvalue weighted by molar-refractivity contribution is 0.206. The largest absolute Gasteiger partial charge is 0.414 e. The number of halogens is 1. The first-order valence-corrected chi connectivity index (χ1v) is 10.6. The number of anilines is 1. The number of urea groups is 1. The molecule has 9 heteroatoms. The Kier molecular flexibility index (Phi) is 5.14. The van der Waals surface area contributed by atoms with Crippen molar-refractivity contribution in [1.29, 1.82) is 0 Å². The minimum atomic E-state index is -0.156. The Morgan fingerprint density at radius 2 is 1.84 bits per heavy atom. The summed E-state index contributed by atoms with van der Waals surface area (Å²) < 4.78 is 7.74. The van der Waals surface area contributed by atoms with Gasteiger partial charge >= 0.3 is 6.03 Å². The number of hydrogen-bond donors (Lipinski definition) is 1. The highest BCUT2D eigenvalue weighted by atomic mass is 35.5. The van der Waals surface area contributed by atoms with Crippen molar-refractivity contribution >= 4 is 23.3 Å². The van der Waals surface area contributed by atoms with E-state index in [4.69, 9.17) is 16.0 Å². The molecule has 0 spiro atoms. The van der Waals surface area contributed by atoms with E-state index in [0.29, 0.717) is 47.6 Å². The summed E-state index contributed by atoms with van der Waals surface area (Å²) in [6, 6.07) is 14.9. The first-order chi connectivity index (χ1) is 15.5. The average Bonchev–Trinajstić information content (AvgIpc) is 3.40. The molecule has 162 valence electrons. The van der Waals surface area contributed by atoms with Crippen molar-refractivity contribution < 1.29 is 9.21 Å². The highest BCUT2D eigenvalue weighted by Gasteiger charge is 2.29. The van der Waals surface area contributed by atoms with Crippen LogP contribution in [0.5, 0.6) is 0 Å². The minimum absolute atomic E-state index is 0.156. The molecule has 4 aromatic rings. The average molecular weight is 449 g/mol. The summed E-state index contributed by atoms with van der Waals surface area (Å²) in [4.78, 5) is 14.6. The SMILES string of the molecule is Cc1ccc(NC(=O)N2CCc3c(c(-c4nnc(-c5ccccc5Cl)o4)nn3C)C2)cc1. The summed E-state index contributed by atoms with van der Waals surface area (Å²) in [7, 11) is 1.88. The monoisotopic (exact) mass is 448 g/mol. The number of rotatable bonds is 3. The quantitative estimate of drug-likeness (QED) is 0.491. The number of aryl methyl sites for hydroxylation is 2. The van der Waals surface area contributed by atoms with Gasteiger partial charge in [-0.15, -0.1) is 10.2 Å². The van der Waals surface area contributed by atoms with E-state index in [-0.39, 0.29) is 6.03 Å². The van der Waals surface area contributed by atoms with Crippen LogP contribution in [0, 0.1) is 6.92 Å². The number of fused-ring (bicyclic) bond motifs is 1. The Balaban J connectivity index is 1.41. The molecule has 0 atom stereocenters. The molecular weight excluding hydrogens is 428 g/mol. The maximum absolute atomic E-state index is 12.9. The number of carbonyl (C=O) groups is 1. The van der Waals surface area contributed by atoms with E-state index < -0.39 is 0 Å². The predicted octanol–water partition coefficient (Wildman–Crippen LogP) is 4.69. The summed E-state index contributed by atoms with van der Waals surface area (Å²) in [6.07, 6.45) is 0.686. The Morgan fingerprint density at radius 1 is 1.09 bits per heavy atom. The van der Waals surface area contributed by atoms with Gasteiger partial charge in [0.2, 0.25) is 5.89 Å². The molecule has 2 aromatic heterocycles. The zero-order valence-corrected chi connectivity index (χ0v) is 18.4. The van der Waals surface area contributed by atoms with E-state index in [1.807, 2.05) is 61.1 Å². The Morgan fingerprint density at radius 3 is 2.62 bits per heavy atom. The van der Waals surface area contributed by atoms with Crippen LogP contribution >= 0.6 is 11.6 Å². The van der Waals surface area contributed by atoms with Crippen LogP contribution in [-0.2, 0) is 20.0 Å². The number of nitrogens with zero attached hydrogens (tertiary/aromatic N) is 5. The van der Waals surface area contributed by atoms with Crippen molar-refractivity contribution in [3.63, 3.8) is 0 Å². The van der Waals surface area contributed by atoms with Crippen LogP contribution in [0.1, 0.15) is 16.8 Å². The lowest BCUT2D eigenvalue weighted by Gasteiger charge is -2.27. The maximum Gasteiger partial charge on any atom is 0.322 e. The number of carbonyl (C=O) groups excluding carboxylic acids is 1. The molecule has 8 nitrogen and oxygen atoms in total. The highest BCUT2D eigenvalue weighted by Crippen LogP contribution is 2.32. The Labute approximate surface area is 189 Å². The van der Waals surface area contributed by atoms with Crippen LogP contribution in [0.3, 0.4) is 0 Å². The van der Waals surface area contributed by atoms with Crippen molar-refractivity contribution in [3.8, 4) is 23.0 Å². The van der Waals surface area contributed by atoms with E-state index in [9.17, 15) is 4.79 Å². The third-order valence-electron chi connectivity index (χ3n) is 5.56. The van der Waals surface area contributed by atoms with E-state index in [0.717, 1.165) is 22.5 Å². The topological polar surface area (TPSA) is 89.1 Å². The molecule has 0 aliphatic carbocycles. The molecule has 1 aliphatic rings. The Bertz CT molecular complexity index is 1290. The molecule has 5 rings (SSSR count). The van der Waals surface area contributed by atoms with E-state index in [2.05, 4.69) is 20.6 Å². The maximum atomic E-state index is 12.9. The molecule has 1 N–H and O–H groups in total. The van der Waals surface area contributed by atoms with Crippen molar-refractivity contribution in [3.05, 3.63) is 70.4 Å². The normalized spacial score (nSPS) is 13.2. The van der Waals surface area contributed by atoms with Gasteiger partial charge in [0.25, 0.3) is 5.89 Å². The van der Waals surface area contributed by atoms with Crippen molar-refractivity contribution in [2.24, 2.45) is 7.05 Å². The smallest absolute Gasteiger partial charge is 0.322 e. The molecule has 0 fully saturated rings. The van der Waals surface area contributed by atoms with Gasteiger partial charge in [-0.2, -0.15) is 5.10 Å². The van der Waals surface area contributed by atoms with E-state index >= 15 is 0 Å². The molecule has 0 saturated heterocycles. The summed E-state index contributed by atoms with van der Waals surface area (Å²) in [5, 5.41) is 16.5. The van der Waals surface area contributed by atoms with E-state index in [1.54, 1.807) is 11.0 Å². The molecule has 2 aromatic carbocycles. The number of nitrogens with one attached hydrogen (secondary N) is 1. The van der Waals surface area contributed by atoms with Crippen LogP contribution in [0.15, 0.2) is 52.9 Å². The van der Waals surface area contributed by atoms with Crippen LogP contribution in [-0.4, -0.2) is 37.5 Å². The van der Waals surface area contributed by atoms with Crippen LogP contribution in [0.25, 0.3) is 23.0 Å². The van der Waals surface area contributed by atoms with E-state index in [1.165, 1.54) is 0 Å². The zero-order chi connectivity index (χ0) is 22.2. The molecule has 0 radical (unpaired) electrons. The van der Waals surface area contributed by atoms with Gasteiger partial charge in [0.05, 0.1) is 17.1 Å². The first-order valence-electron chi connectivity index (χ1n) is 10.3. The lowest BCUT2D eigenvalue weighted by Crippen LogP contribution is -2.39. The number of hydrogen-bond acceptors (Lipinski definition) is 5. The fraction of sp³-hybridized carbons (Fsp3) is 0.217. The van der Waals surface area contributed by atoms with Crippen LogP contribution in [0.2, 0.25) is 5.02 Å². The third-order valence-corrected chi connectivity index (χ3v) is 5.89. The fourth-order valence-corrected chi connectivity index (χ4v) is 4.06. The van der Waals surface area contributed by atoms with Gasteiger partial charge < -0.3 is 14.6 Å². The number of aromatic nitrogens is 4. The zero-order valence-electron chi connectivity index (χ0n) is 17.7. The van der Waals surface area contributed by atoms with Gasteiger partial charge in [0.15, 0.2) is 5.69 Å². The summed E-state index contributed by atoms with van der Waals surface area (Å²) in [6.45, 7) is 3.01. The molecular formula is C23H21ClN6O2. The summed E-state index contributed by atoms with van der Waals surface area (Å²) in [5.74, 6) is 0.632.